The van der Waals surface area contributed by atoms with E-state index in [0.717, 1.165) is 16.0 Å². The molecule has 1 aromatic heterocycles. The minimum absolute atomic E-state index is 0.0650. The number of ether oxygens (including phenoxy) is 1. The van der Waals surface area contributed by atoms with Gasteiger partial charge in [0.15, 0.2) is 4.80 Å². The second-order valence-electron chi connectivity index (χ2n) is 7.42. The van der Waals surface area contributed by atoms with E-state index in [0.29, 0.717) is 30.6 Å². The summed E-state index contributed by atoms with van der Waals surface area (Å²) in [7, 11) is 0. The van der Waals surface area contributed by atoms with E-state index < -0.39 is 12.0 Å². The fourth-order valence-corrected chi connectivity index (χ4v) is 5.41. The van der Waals surface area contributed by atoms with Crippen LogP contribution >= 0.6 is 46.3 Å². The van der Waals surface area contributed by atoms with Crippen LogP contribution in [0.1, 0.15) is 24.1 Å². The number of allylic oxidation sites excluding steroid dienone is 1. The Labute approximate surface area is 214 Å². The molecule has 0 radical (unpaired) electrons. The Morgan fingerprint density at radius 1 is 1.24 bits per heavy atom. The summed E-state index contributed by atoms with van der Waals surface area (Å²) in [6.07, 6.45) is 5.24. The van der Waals surface area contributed by atoms with Gasteiger partial charge in [-0.1, -0.05) is 65.4 Å². The zero-order chi connectivity index (χ0) is 24.4. The lowest BCUT2D eigenvalue weighted by Gasteiger charge is -2.24. The van der Waals surface area contributed by atoms with E-state index >= 15 is 0 Å². The molecule has 0 aliphatic carbocycles. The first-order valence-corrected chi connectivity index (χ1v) is 13.0. The maximum Gasteiger partial charge on any atom is 0.338 e. The van der Waals surface area contributed by atoms with Crippen molar-refractivity contribution in [2.75, 3.05) is 12.9 Å². The number of halogens is 2. The molecule has 4 rings (SSSR count). The van der Waals surface area contributed by atoms with Gasteiger partial charge in [-0.25, -0.2) is 9.79 Å². The third kappa shape index (κ3) is 4.79. The summed E-state index contributed by atoms with van der Waals surface area (Å²) in [5.41, 5.74) is 2.11. The van der Waals surface area contributed by atoms with Crippen LogP contribution in [-0.4, -0.2) is 23.4 Å². The SMILES string of the molecule is C=CCOC(=O)C1=C(C)N=c2sc(=Cc3ccc(Cl)c(Cl)c3)c(=O)n2C1c1ccc(SC)cc1. The molecule has 0 spiro atoms. The predicted octanol–water partition coefficient (Wildman–Crippen LogP) is 4.99. The summed E-state index contributed by atoms with van der Waals surface area (Å²) < 4.78 is 7.38. The van der Waals surface area contributed by atoms with Gasteiger partial charge in [-0.05, 0) is 54.6 Å². The van der Waals surface area contributed by atoms with E-state index in [2.05, 4.69) is 11.6 Å². The fraction of sp³-hybridized carbons (Fsp3) is 0.160. The summed E-state index contributed by atoms with van der Waals surface area (Å²) in [5, 5.41) is 0.838. The molecular weight excluding hydrogens is 511 g/mol. The predicted molar refractivity (Wildman–Crippen MR) is 140 cm³/mol. The summed E-state index contributed by atoms with van der Waals surface area (Å²) >= 11 is 15.0. The van der Waals surface area contributed by atoms with Crippen LogP contribution in [-0.2, 0) is 9.53 Å². The number of fused-ring (bicyclic) bond motifs is 1. The van der Waals surface area contributed by atoms with E-state index in [1.54, 1.807) is 47.5 Å². The van der Waals surface area contributed by atoms with Crippen molar-refractivity contribution in [1.82, 2.24) is 4.57 Å². The molecule has 174 valence electrons. The van der Waals surface area contributed by atoms with Crippen LogP contribution in [0.3, 0.4) is 0 Å². The van der Waals surface area contributed by atoms with Crippen molar-refractivity contribution in [2.24, 2.45) is 4.99 Å². The monoisotopic (exact) mass is 530 g/mol. The fourth-order valence-electron chi connectivity index (χ4n) is 3.65. The topological polar surface area (TPSA) is 60.7 Å². The van der Waals surface area contributed by atoms with Crippen LogP contribution < -0.4 is 14.9 Å². The number of carbonyl (C=O) groups is 1. The molecule has 0 amide bonds. The van der Waals surface area contributed by atoms with Gasteiger partial charge < -0.3 is 4.74 Å². The summed E-state index contributed by atoms with van der Waals surface area (Å²) in [6, 6.07) is 12.3. The van der Waals surface area contributed by atoms with Crippen molar-refractivity contribution >= 4 is 58.3 Å². The van der Waals surface area contributed by atoms with Crippen LogP contribution in [0.15, 0.2) is 81.1 Å². The van der Waals surface area contributed by atoms with Gasteiger partial charge in [-0.3, -0.25) is 9.36 Å². The molecule has 0 bridgehead atoms. The lowest BCUT2D eigenvalue weighted by molar-refractivity contribution is -0.138. The van der Waals surface area contributed by atoms with E-state index in [1.165, 1.54) is 17.4 Å². The Bertz CT molecular complexity index is 1490. The number of thiazole rings is 1. The molecule has 5 nitrogen and oxygen atoms in total. The first-order valence-electron chi connectivity index (χ1n) is 10.2. The number of thioether (sulfide) groups is 1. The number of hydrogen-bond acceptors (Lipinski definition) is 6. The molecule has 1 aliphatic heterocycles. The standard InChI is InChI=1S/C25H20Cl2N2O3S2/c1-4-11-32-24(31)21-14(2)28-25-29(22(21)16-6-8-17(33-3)9-7-16)23(30)20(34-25)13-15-5-10-18(26)19(27)12-15/h4-10,12-13,22H,1,11H2,2-3H3. The average molecular weight is 531 g/mol. The zero-order valence-corrected chi connectivity index (χ0v) is 21.5. The Balaban J connectivity index is 1.92. The number of esters is 1. The van der Waals surface area contributed by atoms with Crippen molar-refractivity contribution in [3.05, 3.63) is 107 Å². The Kier molecular flexibility index (Phi) is 7.48. The molecule has 9 heteroatoms. The van der Waals surface area contributed by atoms with E-state index in [1.807, 2.05) is 30.5 Å². The van der Waals surface area contributed by atoms with E-state index in [9.17, 15) is 9.59 Å². The lowest BCUT2D eigenvalue weighted by atomic mass is 9.96. The molecule has 0 saturated carbocycles. The number of rotatable bonds is 6. The Hall–Kier alpha value is -2.58. The average Bonchev–Trinajstić information content (AvgIpc) is 3.13. The van der Waals surface area contributed by atoms with Crippen LogP contribution in [0.5, 0.6) is 0 Å². The van der Waals surface area contributed by atoms with Gasteiger partial charge in [0, 0.05) is 4.90 Å². The number of nitrogens with zero attached hydrogens (tertiary/aromatic N) is 2. The largest absolute Gasteiger partial charge is 0.458 e. The minimum Gasteiger partial charge on any atom is -0.458 e. The molecule has 1 aliphatic rings. The maximum atomic E-state index is 13.6. The highest BCUT2D eigenvalue weighted by Gasteiger charge is 2.33. The molecule has 1 unspecified atom stereocenters. The van der Waals surface area contributed by atoms with Gasteiger partial charge >= 0.3 is 5.97 Å². The lowest BCUT2D eigenvalue weighted by Crippen LogP contribution is -2.39. The highest BCUT2D eigenvalue weighted by molar-refractivity contribution is 7.98. The zero-order valence-electron chi connectivity index (χ0n) is 18.4. The number of aromatic nitrogens is 1. The van der Waals surface area contributed by atoms with Gasteiger partial charge in [0.05, 0.1) is 31.9 Å². The second kappa shape index (κ2) is 10.4. The van der Waals surface area contributed by atoms with Crippen LogP contribution in [0.4, 0.5) is 0 Å². The quantitative estimate of drug-likeness (QED) is 0.256. The Morgan fingerprint density at radius 2 is 1.97 bits per heavy atom. The van der Waals surface area contributed by atoms with Gasteiger partial charge in [0.2, 0.25) is 0 Å². The molecule has 34 heavy (non-hydrogen) atoms. The van der Waals surface area contributed by atoms with Gasteiger partial charge in [0.1, 0.15) is 6.61 Å². The van der Waals surface area contributed by atoms with Crippen LogP contribution in [0.25, 0.3) is 6.08 Å². The van der Waals surface area contributed by atoms with E-state index in [4.69, 9.17) is 27.9 Å². The summed E-state index contributed by atoms with van der Waals surface area (Å²) in [6.45, 7) is 5.42. The third-order valence-electron chi connectivity index (χ3n) is 5.25. The first-order chi connectivity index (χ1) is 16.3. The van der Waals surface area contributed by atoms with E-state index in [-0.39, 0.29) is 12.2 Å². The maximum absolute atomic E-state index is 13.6. The van der Waals surface area contributed by atoms with Crippen molar-refractivity contribution in [3.63, 3.8) is 0 Å². The first kappa shape index (κ1) is 24.5. The Morgan fingerprint density at radius 3 is 2.62 bits per heavy atom. The molecule has 2 heterocycles. The number of hydrogen-bond donors (Lipinski definition) is 0. The number of carbonyl (C=O) groups excluding carboxylic acids is 1. The molecule has 0 N–H and O–H groups in total. The summed E-state index contributed by atoms with van der Waals surface area (Å²) in [4.78, 5) is 32.8. The highest BCUT2D eigenvalue weighted by atomic mass is 35.5. The van der Waals surface area contributed by atoms with Gasteiger partial charge in [-0.15, -0.1) is 11.8 Å². The highest BCUT2D eigenvalue weighted by Crippen LogP contribution is 2.31. The summed E-state index contributed by atoms with van der Waals surface area (Å²) in [5.74, 6) is -0.529. The molecular formula is C25H20Cl2N2O3S2. The van der Waals surface area contributed by atoms with Gasteiger partial charge in [-0.2, -0.15) is 0 Å². The van der Waals surface area contributed by atoms with Crippen molar-refractivity contribution in [1.29, 1.82) is 0 Å². The van der Waals surface area contributed by atoms with Crippen molar-refractivity contribution in [2.45, 2.75) is 17.9 Å². The van der Waals surface area contributed by atoms with Crippen molar-refractivity contribution in [3.8, 4) is 0 Å². The second-order valence-corrected chi connectivity index (χ2v) is 10.1. The molecule has 0 fully saturated rings. The smallest absolute Gasteiger partial charge is 0.338 e. The van der Waals surface area contributed by atoms with Crippen LogP contribution in [0.2, 0.25) is 10.0 Å². The number of benzene rings is 2. The van der Waals surface area contributed by atoms with Crippen LogP contribution in [0, 0.1) is 0 Å². The van der Waals surface area contributed by atoms with Crippen molar-refractivity contribution < 1.29 is 9.53 Å². The van der Waals surface area contributed by atoms with Gasteiger partial charge in [0.25, 0.3) is 5.56 Å². The minimum atomic E-state index is -0.666. The normalized spacial score (nSPS) is 15.6. The molecule has 2 aromatic carbocycles. The molecule has 1 atom stereocenters. The molecule has 0 saturated heterocycles. The third-order valence-corrected chi connectivity index (χ3v) is 7.71. The molecule has 3 aromatic rings.